The number of allylic oxidation sites excluding steroid dienone is 2. The number of fused-ring (bicyclic) bond motifs is 2. The van der Waals surface area contributed by atoms with Gasteiger partial charge in [0.1, 0.15) is 0 Å². The Kier molecular flexibility index (Phi) is 3.49. The quantitative estimate of drug-likeness (QED) is 0.471. The average molecular weight is 419 g/mol. The van der Waals surface area contributed by atoms with Crippen molar-refractivity contribution in [1.82, 2.24) is 9.55 Å². The second-order valence-corrected chi connectivity index (χ2v) is 7.75. The van der Waals surface area contributed by atoms with E-state index >= 15 is 0 Å². The maximum absolute atomic E-state index is 12.8. The number of aromatic nitrogens is 2. The minimum atomic E-state index is -0.119. The number of hydrogen-bond acceptors (Lipinski definition) is 2. The van der Waals surface area contributed by atoms with Gasteiger partial charge in [-0.3, -0.25) is 9.59 Å². The Bertz CT molecular complexity index is 1310. The van der Waals surface area contributed by atoms with Crippen LogP contribution in [0.25, 0.3) is 33.0 Å². The number of aromatic amines is 1. The van der Waals surface area contributed by atoms with Gasteiger partial charge in [0.25, 0.3) is 0 Å². The molecule has 0 aliphatic heterocycles. The molecule has 0 bridgehead atoms. The van der Waals surface area contributed by atoms with Gasteiger partial charge in [-0.25, -0.2) is 0 Å². The summed E-state index contributed by atoms with van der Waals surface area (Å²) in [6.45, 7) is 0. The predicted molar refractivity (Wildman–Crippen MR) is 110 cm³/mol. The van der Waals surface area contributed by atoms with Crippen LogP contribution in [0.5, 0.6) is 0 Å². The summed E-state index contributed by atoms with van der Waals surface area (Å²) < 4.78 is 2.96. The Labute approximate surface area is 163 Å². The molecule has 5 rings (SSSR count). The van der Waals surface area contributed by atoms with Crippen LogP contribution < -0.4 is 0 Å². The summed E-state index contributed by atoms with van der Waals surface area (Å²) >= 11 is 3.47. The van der Waals surface area contributed by atoms with Gasteiger partial charge in [0.2, 0.25) is 0 Å². The number of aryl methyl sites for hydroxylation is 1. The number of carbonyl (C=O) groups excluding carboxylic acids is 2. The highest BCUT2D eigenvalue weighted by Crippen LogP contribution is 2.41. The lowest BCUT2D eigenvalue weighted by atomic mass is 9.95. The standard InChI is InChI=1S/C22H15BrN2O2/c1-25-11-16(14-4-2-3-5-18(14)25)22-20(27)9-19(26)21(22)15-10-24-17-8-12(23)6-7-13(15)17/h2-8,10-11,24H,9H2,1H3. The van der Waals surface area contributed by atoms with Gasteiger partial charge in [0, 0.05) is 68.0 Å². The van der Waals surface area contributed by atoms with E-state index in [-0.39, 0.29) is 18.0 Å². The molecule has 0 amide bonds. The van der Waals surface area contributed by atoms with Gasteiger partial charge < -0.3 is 9.55 Å². The van der Waals surface area contributed by atoms with Gasteiger partial charge in [0.15, 0.2) is 11.6 Å². The number of Topliss-reactive ketones (excluding diaryl/α,β-unsaturated/α-hetero) is 2. The van der Waals surface area contributed by atoms with E-state index in [1.807, 2.05) is 66.5 Å². The molecule has 2 aromatic heterocycles. The van der Waals surface area contributed by atoms with E-state index in [9.17, 15) is 9.59 Å². The highest BCUT2D eigenvalue weighted by Gasteiger charge is 2.34. The van der Waals surface area contributed by atoms with Crippen LogP contribution in [0.1, 0.15) is 17.5 Å². The lowest BCUT2D eigenvalue weighted by Gasteiger charge is -2.05. The van der Waals surface area contributed by atoms with Gasteiger partial charge >= 0.3 is 0 Å². The molecule has 0 saturated carbocycles. The number of ketones is 2. The van der Waals surface area contributed by atoms with Crippen molar-refractivity contribution in [3.05, 3.63) is 70.5 Å². The second-order valence-electron chi connectivity index (χ2n) is 6.84. The first-order valence-electron chi connectivity index (χ1n) is 8.66. The van der Waals surface area contributed by atoms with Crippen molar-refractivity contribution >= 4 is 60.4 Å². The summed E-state index contributed by atoms with van der Waals surface area (Å²) in [6, 6.07) is 13.8. The first kappa shape index (κ1) is 16.3. The molecule has 5 heteroatoms. The van der Waals surface area contributed by atoms with Crippen molar-refractivity contribution in [3.8, 4) is 0 Å². The first-order chi connectivity index (χ1) is 13.0. The molecule has 1 aliphatic carbocycles. The molecule has 1 aliphatic rings. The monoisotopic (exact) mass is 418 g/mol. The van der Waals surface area contributed by atoms with Crippen LogP contribution in [0.2, 0.25) is 0 Å². The number of para-hydroxylation sites is 1. The first-order valence-corrected chi connectivity index (χ1v) is 9.46. The number of hydrogen-bond donors (Lipinski definition) is 1. The van der Waals surface area contributed by atoms with Gasteiger partial charge in [-0.2, -0.15) is 0 Å². The number of halogens is 1. The number of carbonyl (C=O) groups is 2. The van der Waals surface area contributed by atoms with Crippen LogP contribution in [0.15, 0.2) is 59.3 Å². The molecule has 4 nitrogen and oxygen atoms in total. The maximum atomic E-state index is 12.8. The molecule has 0 atom stereocenters. The van der Waals surface area contributed by atoms with E-state index in [0.717, 1.165) is 37.4 Å². The Hall–Kier alpha value is -2.92. The Morgan fingerprint density at radius 3 is 2.52 bits per heavy atom. The third-order valence-electron chi connectivity index (χ3n) is 5.21. The highest BCUT2D eigenvalue weighted by molar-refractivity contribution is 9.10. The van der Waals surface area contributed by atoms with E-state index in [1.54, 1.807) is 0 Å². The second kappa shape index (κ2) is 5.79. The third-order valence-corrected chi connectivity index (χ3v) is 5.70. The molecular formula is C22H15BrN2O2. The smallest absolute Gasteiger partial charge is 0.172 e. The van der Waals surface area contributed by atoms with Gasteiger partial charge in [-0.1, -0.05) is 40.2 Å². The number of H-pyrrole nitrogens is 1. The zero-order valence-corrected chi connectivity index (χ0v) is 16.1. The summed E-state index contributed by atoms with van der Waals surface area (Å²) in [6.07, 6.45) is 3.70. The van der Waals surface area contributed by atoms with E-state index in [2.05, 4.69) is 20.9 Å². The SMILES string of the molecule is Cn1cc(C2=C(c3c[nH]c4cc(Br)ccc34)C(=O)CC2=O)c2ccccc21. The van der Waals surface area contributed by atoms with Crippen molar-refractivity contribution in [3.63, 3.8) is 0 Å². The molecule has 4 aromatic rings. The van der Waals surface area contributed by atoms with E-state index < -0.39 is 0 Å². The van der Waals surface area contributed by atoms with Gasteiger partial charge in [0.05, 0.1) is 6.42 Å². The van der Waals surface area contributed by atoms with E-state index in [4.69, 9.17) is 0 Å². The lowest BCUT2D eigenvalue weighted by molar-refractivity contribution is -0.119. The zero-order chi connectivity index (χ0) is 18.7. The summed E-state index contributed by atoms with van der Waals surface area (Å²) in [4.78, 5) is 28.9. The van der Waals surface area contributed by atoms with Crippen LogP contribution in [-0.4, -0.2) is 21.1 Å². The summed E-state index contributed by atoms with van der Waals surface area (Å²) in [5.41, 5.74) is 4.62. The topological polar surface area (TPSA) is 54.9 Å². The Morgan fingerprint density at radius 1 is 0.963 bits per heavy atom. The molecule has 2 aromatic carbocycles. The number of benzene rings is 2. The van der Waals surface area contributed by atoms with E-state index in [0.29, 0.717) is 11.1 Å². The van der Waals surface area contributed by atoms with Crippen LogP contribution in [0.3, 0.4) is 0 Å². The van der Waals surface area contributed by atoms with Gasteiger partial charge in [-0.15, -0.1) is 0 Å². The predicted octanol–water partition coefficient (Wildman–Crippen LogP) is 4.87. The number of nitrogens with one attached hydrogen (secondary N) is 1. The van der Waals surface area contributed by atoms with Crippen molar-refractivity contribution in [1.29, 1.82) is 0 Å². The average Bonchev–Trinajstić information content (AvgIpc) is 3.28. The Balaban J connectivity index is 1.85. The minimum Gasteiger partial charge on any atom is -0.361 e. The minimum absolute atomic E-state index is 0.0723. The summed E-state index contributed by atoms with van der Waals surface area (Å²) in [7, 11) is 1.95. The zero-order valence-electron chi connectivity index (χ0n) is 14.5. The molecule has 0 unspecified atom stereocenters. The van der Waals surface area contributed by atoms with Gasteiger partial charge in [-0.05, 0) is 18.2 Å². The van der Waals surface area contributed by atoms with Crippen molar-refractivity contribution in [2.45, 2.75) is 6.42 Å². The molecular weight excluding hydrogens is 404 g/mol. The molecule has 0 spiro atoms. The molecule has 0 fully saturated rings. The van der Waals surface area contributed by atoms with E-state index in [1.165, 1.54) is 0 Å². The fourth-order valence-electron chi connectivity index (χ4n) is 4.02. The van der Waals surface area contributed by atoms with Crippen LogP contribution in [-0.2, 0) is 16.6 Å². The number of nitrogens with zero attached hydrogens (tertiary/aromatic N) is 1. The van der Waals surface area contributed by atoms with Crippen molar-refractivity contribution in [2.75, 3.05) is 0 Å². The lowest BCUT2D eigenvalue weighted by Crippen LogP contribution is -1.96. The Morgan fingerprint density at radius 2 is 1.70 bits per heavy atom. The molecule has 1 N–H and O–H groups in total. The third kappa shape index (κ3) is 2.35. The van der Waals surface area contributed by atoms with Crippen LogP contribution >= 0.6 is 15.9 Å². The molecule has 0 saturated heterocycles. The summed E-state index contributed by atoms with van der Waals surface area (Å²) in [5, 5.41) is 1.92. The molecule has 27 heavy (non-hydrogen) atoms. The maximum Gasteiger partial charge on any atom is 0.172 e. The summed E-state index contributed by atoms with van der Waals surface area (Å²) in [5.74, 6) is -0.232. The van der Waals surface area contributed by atoms with Crippen molar-refractivity contribution < 1.29 is 9.59 Å². The molecule has 132 valence electrons. The molecule has 0 radical (unpaired) electrons. The fraction of sp³-hybridized carbons (Fsp3) is 0.0909. The van der Waals surface area contributed by atoms with Crippen molar-refractivity contribution in [2.24, 2.45) is 7.05 Å². The largest absolute Gasteiger partial charge is 0.361 e. The number of rotatable bonds is 2. The molecule has 2 heterocycles. The fourth-order valence-corrected chi connectivity index (χ4v) is 4.38. The normalized spacial score (nSPS) is 14.9. The highest BCUT2D eigenvalue weighted by atomic mass is 79.9. The van der Waals surface area contributed by atoms with Crippen LogP contribution in [0, 0.1) is 0 Å². The van der Waals surface area contributed by atoms with Crippen LogP contribution in [0.4, 0.5) is 0 Å².